The topological polar surface area (TPSA) is 110 Å². The Morgan fingerprint density at radius 2 is 2.24 bits per heavy atom. The van der Waals surface area contributed by atoms with E-state index in [1.165, 1.54) is 42.0 Å². The first kappa shape index (κ1) is 15.1. The molecule has 9 heteroatoms. The molecule has 2 rings (SSSR count). The van der Waals surface area contributed by atoms with E-state index in [9.17, 15) is 19.7 Å². The van der Waals surface area contributed by atoms with E-state index in [4.69, 9.17) is 9.84 Å². The largest absolute Gasteiger partial charge is 0.490 e. The molecule has 1 fully saturated rings. The second-order valence-electron chi connectivity index (χ2n) is 4.27. The van der Waals surface area contributed by atoms with E-state index in [2.05, 4.69) is 0 Å². The van der Waals surface area contributed by atoms with Crippen LogP contribution in [0.1, 0.15) is 10.4 Å². The van der Waals surface area contributed by atoms with Crippen LogP contribution in [0, 0.1) is 10.1 Å². The molecule has 0 saturated carbocycles. The van der Waals surface area contributed by atoms with Crippen molar-refractivity contribution in [1.29, 1.82) is 0 Å². The van der Waals surface area contributed by atoms with Crippen molar-refractivity contribution in [2.45, 2.75) is 6.04 Å². The molecule has 1 aromatic rings. The smallest absolute Gasteiger partial charge is 0.327 e. The number of rotatable bonds is 4. The molecule has 0 unspecified atom stereocenters. The van der Waals surface area contributed by atoms with Gasteiger partial charge in [0.25, 0.3) is 5.91 Å². The Labute approximate surface area is 123 Å². The highest BCUT2D eigenvalue weighted by atomic mass is 32.2. The molecule has 8 nitrogen and oxygen atoms in total. The summed E-state index contributed by atoms with van der Waals surface area (Å²) >= 11 is 1.34. The van der Waals surface area contributed by atoms with Crippen LogP contribution < -0.4 is 4.74 Å². The van der Waals surface area contributed by atoms with Crippen molar-refractivity contribution in [3.05, 3.63) is 33.9 Å². The third kappa shape index (κ3) is 2.92. The van der Waals surface area contributed by atoms with Gasteiger partial charge in [0.05, 0.1) is 17.9 Å². The third-order valence-corrected chi connectivity index (χ3v) is 4.06. The molecule has 1 aromatic carbocycles. The average Bonchev–Trinajstić information content (AvgIpc) is 2.95. The zero-order chi connectivity index (χ0) is 15.6. The highest BCUT2D eigenvalue weighted by Gasteiger charge is 2.35. The number of aliphatic carboxylic acids is 1. The summed E-state index contributed by atoms with van der Waals surface area (Å²) in [5.41, 5.74) is -0.0918. The molecular formula is C12H12N2O6S. The number of nitrogens with zero attached hydrogens (tertiary/aromatic N) is 2. The van der Waals surface area contributed by atoms with E-state index in [0.717, 1.165) is 0 Å². The van der Waals surface area contributed by atoms with Crippen molar-refractivity contribution in [2.75, 3.05) is 18.7 Å². The van der Waals surface area contributed by atoms with Gasteiger partial charge >= 0.3 is 11.7 Å². The van der Waals surface area contributed by atoms with Crippen molar-refractivity contribution >= 4 is 29.3 Å². The minimum atomic E-state index is -1.07. The van der Waals surface area contributed by atoms with Gasteiger partial charge in [-0.2, -0.15) is 0 Å². The van der Waals surface area contributed by atoms with Crippen LogP contribution in [0.2, 0.25) is 0 Å². The van der Waals surface area contributed by atoms with Gasteiger partial charge in [-0.1, -0.05) is 0 Å². The van der Waals surface area contributed by atoms with Crippen molar-refractivity contribution in [1.82, 2.24) is 4.90 Å². The number of carbonyl (C=O) groups excluding carboxylic acids is 1. The number of carboxylic acid groups (broad SMARTS) is 1. The summed E-state index contributed by atoms with van der Waals surface area (Å²) in [4.78, 5) is 34.9. The lowest BCUT2D eigenvalue weighted by atomic mass is 10.1. The van der Waals surface area contributed by atoms with E-state index in [-0.39, 0.29) is 22.9 Å². The number of amides is 1. The number of ether oxygens (including phenoxy) is 1. The predicted octanol–water partition coefficient (Wildman–Crippen LogP) is 1.20. The lowest BCUT2D eigenvalue weighted by Gasteiger charge is -2.20. The summed E-state index contributed by atoms with van der Waals surface area (Å²) in [5.74, 6) is -0.993. The Bertz CT molecular complexity index is 605. The Morgan fingerprint density at radius 3 is 2.81 bits per heavy atom. The third-order valence-electron chi connectivity index (χ3n) is 3.05. The van der Waals surface area contributed by atoms with Gasteiger partial charge in [0.2, 0.25) is 0 Å². The summed E-state index contributed by atoms with van der Waals surface area (Å²) < 4.78 is 4.90. The summed E-state index contributed by atoms with van der Waals surface area (Å²) in [5, 5.41) is 19.9. The number of methoxy groups -OCH3 is 1. The zero-order valence-electron chi connectivity index (χ0n) is 11.0. The molecule has 0 aliphatic carbocycles. The van der Waals surface area contributed by atoms with E-state index in [1.54, 1.807) is 0 Å². The number of carboxylic acids is 1. The number of nitro benzene ring substituents is 1. The first-order valence-electron chi connectivity index (χ1n) is 5.89. The van der Waals surface area contributed by atoms with Gasteiger partial charge in [0, 0.05) is 23.4 Å². The molecule has 1 amide bonds. The highest BCUT2D eigenvalue weighted by molar-refractivity contribution is 7.99. The molecule has 112 valence electrons. The van der Waals surface area contributed by atoms with Crippen molar-refractivity contribution in [3.63, 3.8) is 0 Å². The Hall–Kier alpha value is -2.29. The summed E-state index contributed by atoms with van der Waals surface area (Å²) in [6.07, 6.45) is 0. The summed E-state index contributed by atoms with van der Waals surface area (Å²) in [6, 6.07) is 2.84. The quantitative estimate of drug-likeness (QED) is 0.657. The second kappa shape index (κ2) is 6.00. The molecule has 0 radical (unpaired) electrons. The van der Waals surface area contributed by atoms with Gasteiger partial charge in [-0.05, 0) is 6.07 Å². The molecule has 1 aliphatic rings. The maximum absolute atomic E-state index is 12.3. The number of hydrogen-bond acceptors (Lipinski definition) is 6. The fourth-order valence-corrected chi connectivity index (χ4v) is 3.12. The fraction of sp³-hybridized carbons (Fsp3) is 0.333. The van der Waals surface area contributed by atoms with Crippen LogP contribution in [0.4, 0.5) is 5.69 Å². The van der Waals surface area contributed by atoms with Crippen LogP contribution in [0.15, 0.2) is 18.2 Å². The van der Waals surface area contributed by atoms with E-state index < -0.39 is 22.8 Å². The van der Waals surface area contributed by atoms with Crippen molar-refractivity contribution < 1.29 is 24.4 Å². The molecule has 21 heavy (non-hydrogen) atoms. The van der Waals surface area contributed by atoms with Gasteiger partial charge in [0.15, 0.2) is 5.75 Å². The standard InChI is InChI=1S/C12H12N2O6S/c1-20-10-4-7(2-3-8(10)14(18)19)11(15)13-6-21-5-9(13)12(16)17/h2-4,9H,5-6H2,1H3,(H,16,17)/t9-/m0/s1. The first-order valence-corrected chi connectivity index (χ1v) is 7.05. The summed E-state index contributed by atoms with van der Waals surface area (Å²) in [7, 11) is 1.27. The number of nitro groups is 1. The van der Waals surface area contributed by atoms with E-state index in [0.29, 0.717) is 5.75 Å². The fourth-order valence-electron chi connectivity index (χ4n) is 1.97. The van der Waals surface area contributed by atoms with Crippen molar-refractivity contribution in [3.8, 4) is 5.75 Å². The Balaban J connectivity index is 2.31. The molecule has 0 spiro atoms. The zero-order valence-corrected chi connectivity index (χ0v) is 11.8. The number of benzene rings is 1. The summed E-state index contributed by atoms with van der Waals surface area (Å²) in [6.45, 7) is 0. The molecule has 1 saturated heterocycles. The molecule has 1 aliphatic heterocycles. The van der Waals surface area contributed by atoms with E-state index in [1.807, 2.05) is 0 Å². The average molecular weight is 312 g/mol. The molecular weight excluding hydrogens is 300 g/mol. The van der Waals surface area contributed by atoms with Gasteiger partial charge in [-0.15, -0.1) is 11.8 Å². The second-order valence-corrected chi connectivity index (χ2v) is 5.27. The molecule has 1 N–H and O–H groups in total. The van der Waals surface area contributed by atoms with Crippen LogP contribution in [0.25, 0.3) is 0 Å². The normalized spacial score (nSPS) is 17.6. The lowest BCUT2D eigenvalue weighted by molar-refractivity contribution is -0.385. The molecule has 1 atom stereocenters. The number of carbonyl (C=O) groups is 2. The minimum Gasteiger partial charge on any atom is -0.490 e. The van der Waals surface area contributed by atoms with Crippen LogP contribution in [-0.2, 0) is 4.79 Å². The Morgan fingerprint density at radius 1 is 1.52 bits per heavy atom. The van der Waals surface area contributed by atoms with Crippen LogP contribution in [0.3, 0.4) is 0 Å². The SMILES string of the molecule is COc1cc(C(=O)N2CSC[C@H]2C(=O)O)ccc1[N+](=O)[O-]. The maximum Gasteiger partial charge on any atom is 0.327 e. The van der Waals surface area contributed by atoms with E-state index >= 15 is 0 Å². The minimum absolute atomic E-state index is 0.0374. The van der Waals surface area contributed by atoms with Gasteiger partial charge < -0.3 is 14.7 Å². The maximum atomic E-state index is 12.3. The lowest BCUT2D eigenvalue weighted by Crippen LogP contribution is -2.41. The number of hydrogen-bond donors (Lipinski definition) is 1. The van der Waals surface area contributed by atoms with Gasteiger partial charge in [0.1, 0.15) is 6.04 Å². The molecule has 0 aromatic heterocycles. The first-order chi connectivity index (χ1) is 9.95. The molecule has 0 bridgehead atoms. The monoisotopic (exact) mass is 312 g/mol. The molecule has 1 heterocycles. The number of thioether (sulfide) groups is 1. The van der Waals surface area contributed by atoms with Crippen molar-refractivity contribution in [2.24, 2.45) is 0 Å². The van der Waals surface area contributed by atoms with Gasteiger partial charge in [-0.25, -0.2) is 4.79 Å². The van der Waals surface area contributed by atoms with Crippen LogP contribution in [-0.4, -0.2) is 51.6 Å². The van der Waals surface area contributed by atoms with Crippen LogP contribution in [0.5, 0.6) is 5.75 Å². The van der Waals surface area contributed by atoms with Gasteiger partial charge in [-0.3, -0.25) is 14.9 Å². The Kier molecular flexibility index (Phi) is 4.32. The predicted molar refractivity (Wildman–Crippen MR) is 74.6 cm³/mol. The highest BCUT2D eigenvalue weighted by Crippen LogP contribution is 2.30. The van der Waals surface area contributed by atoms with Crippen LogP contribution >= 0.6 is 11.8 Å².